The lowest BCUT2D eigenvalue weighted by atomic mass is 9.94. The van der Waals surface area contributed by atoms with Gasteiger partial charge >= 0.3 is 0 Å². The van der Waals surface area contributed by atoms with Gasteiger partial charge in [0.25, 0.3) is 0 Å². The van der Waals surface area contributed by atoms with E-state index in [1.807, 2.05) is 0 Å². The van der Waals surface area contributed by atoms with Gasteiger partial charge in [0.05, 0.1) is 0 Å². The van der Waals surface area contributed by atoms with Crippen LogP contribution in [0.2, 0.25) is 0 Å². The van der Waals surface area contributed by atoms with Crippen LogP contribution in [0.3, 0.4) is 0 Å². The van der Waals surface area contributed by atoms with Crippen LogP contribution in [0.5, 0.6) is 0 Å². The van der Waals surface area contributed by atoms with E-state index < -0.39 is 0 Å². The number of hydrogen-bond donors (Lipinski definition) is 0. The van der Waals surface area contributed by atoms with Crippen molar-refractivity contribution in [2.75, 3.05) is 0 Å². The predicted octanol–water partition coefficient (Wildman–Crippen LogP) is 4.56. The molecule has 0 aromatic heterocycles. The molecule has 0 aliphatic heterocycles. The highest BCUT2D eigenvalue weighted by atomic mass is 127. The second-order valence-electron chi connectivity index (χ2n) is 4.27. The summed E-state index contributed by atoms with van der Waals surface area (Å²) in [6.07, 6.45) is 11.8. The van der Waals surface area contributed by atoms with Gasteiger partial charge in [-0.2, -0.15) is 0 Å². The monoisotopic (exact) mass is 280 g/mol. The lowest BCUT2D eigenvalue weighted by Gasteiger charge is -2.16. The molecule has 0 spiro atoms. The molecule has 72 valence electrons. The second-order valence-corrected chi connectivity index (χ2v) is 6.03. The first-order valence-electron chi connectivity index (χ1n) is 5.43. The van der Waals surface area contributed by atoms with Crippen molar-refractivity contribution < 1.29 is 0 Å². The van der Waals surface area contributed by atoms with Crippen molar-refractivity contribution in [2.24, 2.45) is 5.92 Å². The zero-order valence-corrected chi connectivity index (χ0v) is 10.3. The number of hydrogen-bond acceptors (Lipinski definition) is 0. The number of halogens is 1. The summed E-state index contributed by atoms with van der Waals surface area (Å²) in [6.45, 7) is 2.42. The Balaban J connectivity index is 2.23. The van der Waals surface area contributed by atoms with Crippen LogP contribution in [0.25, 0.3) is 0 Å². The highest BCUT2D eigenvalue weighted by Gasteiger charge is 2.09. The molecule has 0 nitrogen and oxygen atoms in total. The molecule has 2 atom stereocenters. The lowest BCUT2D eigenvalue weighted by Crippen LogP contribution is -2.04. The van der Waals surface area contributed by atoms with E-state index >= 15 is 0 Å². The van der Waals surface area contributed by atoms with Crippen molar-refractivity contribution in [1.82, 2.24) is 0 Å². The van der Waals surface area contributed by atoms with Gasteiger partial charge in [0.15, 0.2) is 0 Å². The maximum absolute atomic E-state index is 2.64. The van der Waals surface area contributed by atoms with Crippen LogP contribution in [0.1, 0.15) is 58.3 Å². The topological polar surface area (TPSA) is 0 Å². The quantitative estimate of drug-likeness (QED) is 0.450. The molecule has 1 rings (SSSR count). The second kappa shape index (κ2) is 6.22. The average Bonchev–Trinajstić information content (AvgIpc) is 2.07. The van der Waals surface area contributed by atoms with Crippen LogP contribution < -0.4 is 0 Å². The molecule has 0 saturated heterocycles. The fraction of sp³-hybridized carbons (Fsp3) is 1.00. The smallest absolute Gasteiger partial charge is 0.0110 e. The van der Waals surface area contributed by atoms with E-state index in [0.29, 0.717) is 0 Å². The molecule has 1 aliphatic carbocycles. The summed E-state index contributed by atoms with van der Waals surface area (Å²) in [6, 6.07) is 0. The molecule has 1 aliphatic rings. The Kier molecular flexibility index (Phi) is 5.61. The maximum atomic E-state index is 2.64. The van der Waals surface area contributed by atoms with E-state index in [-0.39, 0.29) is 0 Å². The normalized spacial score (nSPS) is 34.5. The van der Waals surface area contributed by atoms with Crippen LogP contribution in [0.4, 0.5) is 0 Å². The summed E-state index contributed by atoms with van der Waals surface area (Å²) >= 11 is 2.64. The minimum atomic E-state index is 0.961. The highest BCUT2D eigenvalue weighted by Crippen LogP contribution is 2.24. The van der Waals surface area contributed by atoms with Gasteiger partial charge in [-0.1, -0.05) is 61.6 Å². The molecular weight excluding hydrogens is 259 g/mol. The van der Waals surface area contributed by atoms with Crippen molar-refractivity contribution >= 4 is 22.6 Å². The highest BCUT2D eigenvalue weighted by molar-refractivity contribution is 14.1. The van der Waals surface area contributed by atoms with Gasteiger partial charge in [0.1, 0.15) is 0 Å². The van der Waals surface area contributed by atoms with E-state index in [1.165, 1.54) is 51.4 Å². The number of rotatable bonds is 0. The molecule has 1 fully saturated rings. The molecule has 0 heterocycles. The Morgan fingerprint density at radius 3 is 2.25 bits per heavy atom. The largest absolute Gasteiger partial charge is 0.0826 e. The summed E-state index contributed by atoms with van der Waals surface area (Å²) in [5.74, 6) is 0.986. The molecule has 1 saturated carbocycles. The van der Waals surface area contributed by atoms with Gasteiger partial charge in [-0.25, -0.2) is 0 Å². The van der Waals surface area contributed by atoms with Crippen molar-refractivity contribution in [3.05, 3.63) is 0 Å². The Bertz CT molecular complexity index is 97.6. The third-order valence-electron chi connectivity index (χ3n) is 2.94. The fourth-order valence-corrected chi connectivity index (χ4v) is 2.77. The van der Waals surface area contributed by atoms with E-state index in [0.717, 1.165) is 9.84 Å². The molecular formula is C11H21I. The predicted molar refractivity (Wildman–Crippen MR) is 63.9 cm³/mol. The summed E-state index contributed by atoms with van der Waals surface area (Å²) in [7, 11) is 0. The Morgan fingerprint density at radius 1 is 0.833 bits per heavy atom. The molecule has 0 radical (unpaired) electrons. The first-order valence-corrected chi connectivity index (χ1v) is 6.67. The van der Waals surface area contributed by atoms with Crippen molar-refractivity contribution in [3.8, 4) is 0 Å². The minimum absolute atomic E-state index is 0.961. The SMILES string of the molecule is CC1CCCCCCC(I)CC1. The van der Waals surface area contributed by atoms with Gasteiger partial charge in [0.2, 0.25) is 0 Å². The van der Waals surface area contributed by atoms with Crippen molar-refractivity contribution in [3.63, 3.8) is 0 Å². The van der Waals surface area contributed by atoms with Gasteiger partial charge in [-0.3, -0.25) is 0 Å². The Morgan fingerprint density at radius 2 is 1.50 bits per heavy atom. The lowest BCUT2D eigenvalue weighted by molar-refractivity contribution is 0.422. The summed E-state index contributed by atoms with van der Waals surface area (Å²) < 4.78 is 0.961. The van der Waals surface area contributed by atoms with Gasteiger partial charge in [-0.05, 0) is 25.2 Å². The molecule has 2 unspecified atom stereocenters. The van der Waals surface area contributed by atoms with Crippen LogP contribution in [-0.2, 0) is 0 Å². The van der Waals surface area contributed by atoms with Crippen LogP contribution >= 0.6 is 22.6 Å². The van der Waals surface area contributed by atoms with E-state index in [9.17, 15) is 0 Å². The summed E-state index contributed by atoms with van der Waals surface area (Å²) in [5, 5.41) is 0. The molecule has 12 heavy (non-hydrogen) atoms. The first-order chi connectivity index (χ1) is 5.79. The van der Waals surface area contributed by atoms with E-state index in [1.54, 1.807) is 0 Å². The van der Waals surface area contributed by atoms with Gasteiger partial charge in [-0.15, -0.1) is 0 Å². The zero-order chi connectivity index (χ0) is 8.81. The average molecular weight is 280 g/mol. The first kappa shape index (κ1) is 10.8. The minimum Gasteiger partial charge on any atom is -0.0826 e. The molecule has 0 N–H and O–H groups in total. The van der Waals surface area contributed by atoms with Crippen molar-refractivity contribution in [2.45, 2.75) is 62.2 Å². The molecule has 0 bridgehead atoms. The fourth-order valence-electron chi connectivity index (χ4n) is 1.97. The Hall–Kier alpha value is 0.730. The van der Waals surface area contributed by atoms with Crippen LogP contribution in [0.15, 0.2) is 0 Å². The Labute approximate surface area is 90.6 Å². The van der Waals surface area contributed by atoms with Gasteiger partial charge in [0, 0.05) is 3.92 Å². The van der Waals surface area contributed by atoms with Crippen molar-refractivity contribution in [1.29, 1.82) is 0 Å². The van der Waals surface area contributed by atoms with E-state index in [4.69, 9.17) is 0 Å². The summed E-state index contributed by atoms with van der Waals surface area (Å²) in [5.41, 5.74) is 0. The van der Waals surface area contributed by atoms with Crippen LogP contribution in [-0.4, -0.2) is 3.92 Å². The van der Waals surface area contributed by atoms with Crippen LogP contribution in [0, 0.1) is 5.92 Å². The molecule has 0 aromatic rings. The molecule has 0 amide bonds. The standard InChI is InChI=1S/C11H21I/c1-10-6-4-2-3-5-7-11(12)9-8-10/h10-11H,2-9H2,1H3. The molecule has 0 aromatic carbocycles. The summed E-state index contributed by atoms with van der Waals surface area (Å²) in [4.78, 5) is 0. The maximum Gasteiger partial charge on any atom is 0.0110 e. The zero-order valence-electron chi connectivity index (χ0n) is 8.19. The van der Waals surface area contributed by atoms with E-state index in [2.05, 4.69) is 29.5 Å². The molecule has 1 heteroatoms. The van der Waals surface area contributed by atoms with Gasteiger partial charge < -0.3 is 0 Å². The third kappa shape index (κ3) is 4.68. The number of alkyl halides is 1. The third-order valence-corrected chi connectivity index (χ3v) is 4.18.